The fraction of sp³-hybridized carbons (Fsp3) is 0.263. The first-order chi connectivity index (χ1) is 12.4. The molecule has 26 heavy (non-hydrogen) atoms. The van der Waals surface area contributed by atoms with E-state index in [4.69, 9.17) is 11.6 Å². The molecule has 3 N–H and O–H groups in total. The van der Waals surface area contributed by atoms with Gasteiger partial charge in [-0.15, -0.1) is 0 Å². The van der Waals surface area contributed by atoms with Gasteiger partial charge in [0.1, 0.15) is 5.82 Å². The maximum absolute atomic E-state index is 13.1. The first-order valence-electron chi connectivity index (χ1n) is 8.33. The van der Waals surface area contributed by atoms with Gasteiger partial charge in [-0.05, 0) is 55.7 Å². The van der Waals surface area contributed by atoms with Crippen LogP contribution in [0.25, 0.3) is 0 Å². The van der Waals surface area contributed by atoms with Gasteiger partial charge in [0.05, 0.1) is 11.6 Å². The molecule has 0 saturated heterocycles. The lowest BCUT2D eigenvalue weighted by Crippen LogP contribution is -2.22. The van der Waals surface area contributed by atoms with Crippen molar-refractivity contribution < 1.29 is 14.0 Å². The van der Waals surface area contributed by atoms with Crippen LogP contribution in [0.1, 0.15) is 18.4 Å². The number of carbonyl (C=O) groups is 2. The highest BCUT2D eigenvalue weighted by atomic mass is 35.5. The second kappa shape index (κ2) is 7.74. The van der Waals surface area contributed by atoms with Crippen molar-refractivity contribution in [2.75, 3.05) is 22.5 Å². The standard InChI is InChI=1S/C19H19ClFN3O2/c1-11-16(3-2-4-17(11)24-19(26)12-5-6-12)22-10-18(25)23-13-7-8-15(21)14(20)9-13/h2-4,7-9,12,22H,5-6,10H2,1H3,(H,23,25)(H,24,26). The minimum atomic E-state index is -0.538. The molecule has 0 spiro atoms. The van der Waals surface area contributed by atoms with Crippen molar-refractivity contribution in [3.63, 3.8) is 0 Å². The van der Waals surface area contributed by atoms with Crippen molar-refractivity contribution in [1.29, 1.82) is 0 Å². The monoisotopic (exact) mass is 375 g/mol. The SMILES string of the molecule is Cc1c(NCC(=O)Nc2ccc(F)c(Cl)c2)cccc1NC(=O)C1CC1. The minimum absolute atomic E-state index is 0.0237. The van der Waals surface area contributed by atoms with Gasteiger partial charge in [0.2, 0.25) is 11.8 Å². The van der Waals surface area contributed by atoms with E-state index < -0.39 is 5.82 Å². The Morgan fingerprint density at radius 2 is 1.88 bits per heavy atom. The fourth-order valence-corrected chi connectivity index (χ4v) is 2.68. The number of benzene rings is 2. The second-order valence-electron chi connectivity index (χ2n) is 6.27. The van der Waals surface area contributed by atoms with Crippen LogP contribution < -0.4 is 16.0 Å². The number of carbonyl (C=O) groups excluding carboxylic acids is 2. The number of hydrogen-bond donors (Lipinski definition) is 3. The molecule has 0 heterocycles. The topological polar surface area (TPSA) is 70.2 Å². The number of rotatable bonds is 6. The zero-order valence-corrected chi connectivity index (χ0v) is 15.0. The summed E-state index contributed by atoms with van der Waals surface area (Å²) in [5.41, 5.74) is 2.77. The summed E-state index contributed by atoms with van der Waals surface area (Å²) in [6, 6.07) is 9.48. The smallest absolute Gasteiger partial charge is 0.243 e. The van der Waals surface area contributed by atoms with E-state index in [1.807, 2.05) is 25.1 Å². The molecule has 1 fully saturated rings. The normalized spacial score (nSPS) is 13.2. The Balaban J connectivity index is 1.59. The van der Waals surface area contributed by atoms with Gasteiger partial charge in [0, 0.05) is 23.0 Å². The average molecular weight is 376 g/mol. The molecule has 2 aromatic carbocycles. The zero-order valence-electron chi connectivity index (χ0n) is 14.2. The molecule has 3 rings (SSSR count). The third-order valence-corrected chi connectivity index (χ3v) is 4.47. The first-order valence-corrected chi connectivity index (χ1v) is 8.71. The molecule has 7 heteroatoms. The van der Waals surface area contributed by atoms with Crippen molar-refractivity contribution in [3.05, 3.63) is 52.8 Å². The molecule has 0 radical (unpaired) electrons. The molecule has 0 aromatic heterocycles. The average Bonchev–Trinajstić information content (AvgIpc) is 3.44. The van der Waals surface area contributed by atoms with Gasteiger partial charge in [-0.3, -0.25) is 9.59 Å². The van der Waals surface area contributed by atoms with E-state index in [9.17, 15) is 14.0 Å². The van der Waals surface area contributed by atoms with Crippen LogP contribution in [-0.2, 0) is 9.59 Å². The van der Waals surface area contributed by atoms with Gasteiger partial charge in [0.25, 0.3) is 0 Å². The summed E-state index contributed by atoms with van der Waals surface area (Å²) >= 11 is 5.70. The molecule has 5 nitrogen and oxygen atoms in total. The highest BCUT2D eigenvalue weighted by Crippen LogP contribution is 2.31. The van der Waals surface area contributed by atoms with Crippen molar-refractivity contribution in [1.82, 2.24) is 0 Å². The Morgan fingerprint density at radius 3 is 2.58 bits per heavy atom. The van der Waals surface area contributed by atoms with Gasteiger partial charge in [-0.25, -0.2) is 4.39 Å². The van der Waals surface area contributed by atoms with Crippen molar-refractivity contribution in [2.45, 2.75) is 19.8 Å². The van der Waals surface area contributed by atoms with Gasteiger partial charge in [-0.1, -0.05) is 17.7 Å². The summed E-state index contributed by atoms with van der Waals surface area (Å²) in [5, 5.41) is 8.57. The Kier molecular flexibility index (Phi) is 5.42. The zero-order chi connectivity index (χ0) is 18.7. The van der Waals surface area contributed by atoms with E-state index in [-0.39, 0.29) is 29.3 Å². The molecule has 0 atom stereocenters. The third kappa shape index (κ3) is 4.52. The van der Waals surface area contributed by atoms with E-state index in [1.54, 1.807) is 0 Å². The predicted molar refractivity (Wildman–Crippen MR) is 101 cm³/mol. The highest BCUT2D eigenvalue weighted by Gasteiger charge is 2.29. The van der Waals surface area contributed by atoms with E-state index in [0.717, 1.165) is 29.8 Å². The van der Waals surface area contributed by atoms with Crippen molar-refractivity contribution in [2.24, 2.45) is 5.92 Å². The Bertz CT molecular complexity index is 853. The minimum Gasteiger partial charge on any atom is -0.376 e. The second-order valence-corrected chi connectivity index (χ2v) is 6.68. The van der Waals surface area contributed by atoms with E-state index >= 15 is 0 Å². The van der Waals surface area contributed by atoms with E-state index in [0.29, 0.717) is 5.69 Å². The summed E-state index contributed by atoms with van der Waals surface area (Å²) in [6.45, 7) is 1.90. The Labute approximate surface area is 155 Å². The first kappa shape index (κ1) is 18.2. The van der Waals surface area contributed by atoms with Crippen molar-refractivity contribution >= 4 is 40.5 Å². The molecule has 0 aliphatic heterocycles. The van der Waals surface area contributed by atoms with Crippen LogP contribution in [0.5, 0.6) is 0 Å². The molecule has 2 amide bonds. The van der Waals surface area contributed by atoms with Crippen LogP contribution in [0.2, 0.25) is 5.02 Å². The number of halogens is 2. The molecule has 1 aliphatic carbocycles. The fourth-order valence-electron chi connectivity index (χ4n) is 2.50. The molecule has 1 aliphatic rings. The highest BCUT2D eigenvalue weighted by molar-refractivity contribution is 6.31. The van der Waals surface area contributed by atoms with Gasteiger partial charge in [-0.2, -0.15) is 0 Å². The van der Waals surface area contributed by atoms with Crippen LogP contribution in [0, 0.1) is 18.7 Å². The third-order valence-electron chi connectivity index (χ3n) is 4.18. The van der Waals surface area contributed by atoms with Crippen LogP contribution in [0.4, 0.5) is 21.5 Å². The molecule has 2 aromatic rings. The number of nitrogens with one attached hydrogen (secondary N) is 3. The van der Waals surface area contributed by atoms with E-state index in [2.05, 4.69) is 16.0 Å². The van der Waals surface area contributed by atoms with Crippen LogP contribution in [0.3, 0.4) is 0 Å². The van der Waals surface area contributed by atoms with Gasteiger partial charge >= 0.3 is 0 Å². The predicted octanol–water partition coefficient (Wildman–Crippen LogP) is 4.19. The largest absolute Gasteiger partial charge is 0.376 e. The van der Waals surface area contributed by atoms with E-state index in [1.165, 1.54) is 18.2 Å². The van der Waals surface area contributed by atoms with Crippen LogP contribution >= 0.6 is 11.6 Å². The Hall–Kier alpha value is -2.60. The number of anilines is 3. The molecule has 1 saturated carbocycles. The number of amides is 2. The maximum atomic E-state index is 13.1. The lowest BCUT2D eigenvalue weighted by molar-refractivity contribution is -0.117. The summed E-state index contributed by atoms with van der Waals surface area (Å²) in [5.74, 6) is -0.668. The van der Waals surface area contributed by atoms with Gasteiger partial charge < -0.3 is 16.0 Å². The number of hydrogen-bond acceptors (Lipinski definition) is 3. The van der Waals surface area contributed by atoms with Crippen LogP contribution in [0.15, 0.2) is 36.4 Å². The summed E-state index contributed by atoms with van der Waals surface area (Å²) in [4.78, 5) is 24.0. The van der Waals surface area contributed by atoms with Gasteiger partial charge in [0.15, 0.2) is 0 Å². The summed E-state index contributed by atoms with van der Waals surface area (Å²) < 4.78 is 13.1. The molecule has 136 valence electrons. The molecular weight excluding hydrogens is 357 g/mol. The summed E-state index contributed by atoms with van der Waals surface area (Å²) in [7, 11) is 0. The lowest BCUT2D eigenvalue weighted by atomic mass is 10.1. The molecular formula is C19H19ClFN3O2. The maximum Gasteiger partial charge on any atom is 0.243 e. The van der Waals surface area contributed by atoms with Crippen LogP contribution in [-0.4, -0.2) is 18.4 Å². The Morgan fingerprint density at radius 1 is 1.15 bits per heavy atom. The quantitative estimate of drug-likeness (QED) is 0.709. The molecule has 0 bridgehead atoms. The van der Waals surface area contributed by atoms with Crippen molar-refractivity contribution in [3.8, 4) is 0 Å². The lowest BCUT2D eigenvalue weighted by Gasteiger charge is -2.14. The summed E-state index contributed by atoms with van der Waals surface area (Å²) in [6.07, 6.45) is 1.88. The molecule has 0 unspecified atom stereocenters.